The summed E-state index contributed by atoms with van der Waals surface area (Å²) in [6.45, 7) is 1.03. The number of rotatable bonds is 7. The molecule has 122 valence electrons. The fourth-order valence-electron chi connectivity index (χ4n) is 2.00. The van der Waals surface area contributed by atoms with Crippen LogP contribution >= 0.6 is 11.8 Å². The van der Waals surface area contributed by atoms with Crippen LogP contribution in [0.5, 0.6) is 0 Å². The fourth-order valence-corrected chi connectivity index (χ4v) is 3.05. The number of hydrogen-bond donors (Lipinski definition) is 2. The van der Waals surface area contributed by atoms with E-state index in [1.807, 2.05) is 7.05 Å². The quantitative estimate of drug-likeness (QED) is 0.760. The van der Waals surface area contributed by atoms with Crippen LogP contribution in [0, 0.1) is 11.6 Å². The molecule has 0 heterocycles. The summed E-state index contributed by atoms with van der Waals surface area (Å²) in [5.41, 5.74) is 0.574. The lowest BCUT2D eigenvalue weighted by Gasteiger charge is -2.13. The molecular weight excluding hydrogens is 318 g/mol. The molecule has 0 aliphatic heterocycles. The zero-order chi connectivity index (χ0) is 16.7. The van der Waals surface area contributed by atoms with Crippen LogP contribution in [-0.2, 0) is 4.79 Å². The van der Waals surface area contributed by atoms with E-state index in [4.69, 9.17) is 0 Å². The highest BCUT2D eigenvalue weighted by atomic mass is 32.2. The molecule has 6 heteroatoms. The molecule has 2 N–H and O–H groups in total. The predicted molar refractivity (Wildman–Crippen MR) is 88.8 cm³/mol. The zero-order valence-electron chi connectivity index (χ0n) is 12.8. The van der Waals surface area contributed by atoms with Crippen LogP contribution in [0.15, 0.2) is 53.4 Å². The summed E-state index contributed by atoms with van der Waals surface area (Å²) in [4.78, 5) is 13.5. The Bertz CT molecular complexity index is 649. The first-order valence-corrected chi connectivity index (χ1v) is 8.27. The van der Waals surface area contributed by atoms with Crippen LogP contribution in [0.3, 0.4) is 0 Å². The summed E-state index contributed by atoms with van der Waals surface area (Å²) in [6, 6.07) is 12.3. The second-order valence-corrected chi connectivity index (χ2v) is 6.35. The van der Waals surface area contributed by atoms with Crippen molar-refractivity contribution in [3.05, 3.63) is 60.2 Å². The molecule has 0 aliphatic rings. The van der Waals surface area contributed by atoms with E-state index in [1.165, 1.54) is 42.1 Å². The van der Waals surface area contributed by atoms with Crippen molar-refractivity contribution in [2.75, 3.05) is 31.2 Å². The Balaban J connectivity index is 1.71. The molecule has 0 saturated carbocycles. The van der Waals surface area contributed by atoms with E-state index >= 15 is 0 Å². The number of thioether (sulfide) groups is 1. The van der Waals surface area contributed by atoms with Crippen molar-refractivity contribution >= 4 is 23.4 Å². The van der Waals surface area contributed by atoms with Gasteiger partial charge in [-0.05, 0) is 36.4 Å². The van der Waals surface area contributed by atoms with E-state index in [0.717, 1.165) is 17.2 Å². The van der Waals surface area contributed by atoms with E-state index in [-0.39, 0.29) is 17.5 Å². The molecule has 0 radical (unpaired) electrons. The van der Waals surface area contributed by atoms with E-state index < -0.39 is 0 Å². The molecule has 0 aromatic heterocycles. The molecule has 0 saturated heterocycles. The van der Waals surface area contributed by atoms with E-state index in [2.05, 4.69) is 5.32 Å². The Morgan fingerprint density at radius 1 is 1.13 bits per heavy atom. The van der Waals surface area contributed by atoms with E-state index in [9.17, 15) is 13.6 Å². The summed E-state index contributed by atoms with van der Waals surface area (Å²) in [7, 11) is 1.91. The van der Waals surface area contributed by atoms with Crippen LogP contribution in [-0.4, -0.2) is 31.8 Å². The van der Waals surface area contributed by atoms with Crippen LogP contribution in [0.1, 0.15) is 0 Å². The number of nitrogens with one attached hydrogen (secondary N) is 2. The molecule has 2 aromatic carbocycles. The molecule has 2 aromatic rings. The average molecular weight is 337 g/mol. The molecule has 1 unspecified atom stereocenters. The van der Waals surface area contributed by atoms with Crippen molar-refractivity contribution in [1.82, 2.24) is 0 Å². The first-order chi connectivity index (χ1) is 11.0. The number of carbonyl (C=O) groups excluding carboxylic acids is 1. The molecule has 0 bridgehead atoms. The van der Waals surface area contributed by atoms with Crippen LogP contribution in [0.2, 0.25) is 0 Å². The molecule has 0 fully saturated rings. The summed E-state index contributed by atoms with van der Waals surface area (Å²) in [5, 5.41) is 2.72. The molecule has 0 spiro atoms. The lowest BCUT2D eigenvalue weighted by Crippen LogP contribution is -3.10. The van der Waals surface area contributed by atoms with Gasteiger partial charge >= 0.3 is 0 Å². The van der Waals surface area contributed by atoms with E-state index in [1.54, 1.807) is 18.2 Å². The minimum absolute atomic E-state index is 0.134. The summed E-state index contributed by atoms with van der Waals surface area (Å²) in [6.07, 6.45) is 0. The fraction of sp³-hybridized carbons (Fsp3) is 0.235. The lowest BCUT2D eigenvalue weighted by molar-refractivity contribution is -0.868. The molecule has 0 aliphatic carbocycles. The number of benzene rings is 2. The first-order valence-electron chi connectivity index (χ1n) is 7.28. The summed E-state index contributed by atoms with van der Waals surface area (Å²) < 4.78 is 26.3. The molecular formula is C17H19F2N2OS+. The van der Waals surface area contributed by atoms with Gasteiger partial charge < -0.3 is 10.2 Å². The van der Waals surface area contributed by atoms with E-state index in [0.29, 0.717) is 17.1 Å². The number of hydrogen-bond acceptors (Lipinski definition) is 2. The number of carbonyl (C=O) groups is 1. The zero-order valence-corrected chi connectivity index (χ0v) is 13.6. The van der Waals surface area contributed by atoms with Crippen LogP contribution in [0.25, 0.3) is 0 Å². The predicted octanol–water partition coefficient (Wildman–Crippen LogP) is 2.21. The normalized spacial score (nSPS) is 12.0. The smallest absolute Gasteiger partial charge is 0.279 e. The Labute approximate surface area is 138 Å². The average Bonchev–Trinajstić information content (AvgIpc) is 2.51. The molecule has 2 rings (SSSR count). The van der Waals surface area contributed by atoms with Gasteiger partial charge in [-0.25, -0.2) is 8.78 Å². The van der Waals surface area contributed by atoms with Crippen molar-refractivity contribution in [2.24, 2.45) is 0 Å². The SMILES string of the molecule is C[NH+](CCSc1ccccc1F)CC(=O)Nc1ccc(F)cc1. The number of halogens is 2. The first kappa shape index (κ1) is 17.4. The summed E-state index contributed by atoms with van der Waals surface area (Å²) >= 11 is 1.44. The maximum absolute atomic E-state index is 13.5. The van der Waals surface area contributed by atoms with Gasteiger partial charge in [-0.3, -0.25) is 4.79 Å². The lowest BCUT2D eigenvalue weighted by atomic mass is 10.3. The van der Waals surface area contributed by atoms with Gasteiger partial charge in [0.2, 0.25) is 0 Å². The van der Waals surface area contributed by atoms with Crippen molar-refractivity contribution in [1.29, 1.82) is 0 Å². The largest absolute Gasteiger partial charge is 0.329 e. The third kappa shape index (κ3) is 6.00. The van der Waals surface area contributed by atoms with Crippen molar-refractivity contribution in [3.63, 3.8) is 0 Å². The Kier molecular flexibility index (Phi) is 6.55. The third-order valence-electron chi connectivity index (χ3n) is 3.21. The minimum atomic E-state index is -0.337. The van der Waals surface area contributed by atoms with Crippen molar-refractivity contribution in [2.45, 2.75) is 4.90 Å². The number of quaternary nitrogens is 1. The highest BCUT2D eigenvalue weighted by molar-refractivity contribution is 7.99. The molecule has 23 heavy (non-hydrogen) atoms. The van der Waals surface area contributed by atoms with Gasteiger partial charge in [0.1, 0.15) is 11.6 Å². The molecule has 1 amide bonds. The van der Waals surface area contributed by atoms with Gasteiger partial charge in [-0.15, -0.1) is 11.8 Å². The highest BCUT2D eigenvalue weighted by Crippen LogP contribution is 2.19. The van der Waals surface area contributed by atoms with Crippen molar-refractivity contribution < 1.29 is 18.5 Å². The Hall–Kier alpha value is -1.92. The topological polar surface area (TPSA) is 33.5 Å². The number of likely N-dealkylation sites (N-methyl/N-ethyl adjacent to an activating group) is 1. The van der Waals surface area contributed by atoms with Gasteiger partial charge in [-0.1, -0.05) is 12.1 Å². The Morgan fingerprint density at radius 2 is 1.83 bits per heavy atom. The molecule has 1 atom stereocenters. The van der Waals surface area contributed by atoms with Gasteiger partial charge in [0.05, 0.1) is 13.6 Å². The maximum atomic E-state index is 13.5. The molecule has 3 nitrogen and oxygen atoms in total. The van der Waals surface area contributed by atoms with Crippen LogP contribution in [0.4, 0.5) is 14.5 Å². The van der Waals surface area contributed by atoms with Gasteiger partial charge in [0, 0.05) is 16.3 Å². The van der Waals surface area contributed by atoms with Crippen LogP contribution < -0.4 is 10.2 Å². The second-order valence-electron chi connectivity index (χ2n) is 5.22. The highest BCUT2D eigenvalue weighted by Gasteiger charge is 2.11. The second kappa shape index (κ2) is 8.64. The monoisotopic (exact) mass is 337 g/mol. The summed E-state index contributed by atoms with van der Waals surface area (Å²) in [5.74, 6) is 0.0291. The third-order valence-corrected chi connectivity index (χ3v) is 4.26. The number of anilines is 1. The van der Waals surface area contributed by atoms with Gasteiger partial charge in [0.25, 0.3) is 5.91 Å². The number of amides is 1. The standard InChI is InChI=1S/C17H18F2N2OS/c1-21(10-11-23-16-5-3-2-4-15(16)19)12-17(22)20-14-8-6-13(18)7-9-14/h2-9H,10-12H2,1H3,(H,20,22)/p+1. The maximum Gasteiger partial charge on any atom is 0.279 e. The van der Waals surface area contributed by atoms with Gasteiger partial charge in [-0.2, -0.15) is 0 Å². The van der Waals surface area contributed by atoms with Gasteiger partial charge in [0.15, 0.2) is 6.54 Å². The minimum Gasteiger partial charge on any atom is -0.329 e. The van der Waals surface area contributed by atoms with Crippen molar-refractivity contribution in [3.8, 4) is 0 Å². The Morgan fingerprint density at radius 3 is 2.52 bits per heavy atom.